The van der Waals surface area contributed by atoms with Gasteiger partial charge in [0.15, 0.2) is 0 Å². The molecule has 0 saturated carbocycles. The summed E-state index contributed by atoms with van der Waals surface area (Å²) in [5.74, 6) is -0.540. The largest absolute Gasteiger partial charge is 0.756 e. The molecule has 500 valence electrons. The topological polar surface area (TPSA) is 114 Å². The second kappa shape index (κ2) is 65.2. The average molecular weight is 1220 g/mol. The third-order valence-electron chi connectivity index (χ3n) is 16.0. The van der Waals surface area contributed by atoms with Crippen LogP contribution in [0.15, 0.2) is 85.1 Å². The number of amides is 1. The van der Waals surface area contributed by atoms with Gasteiger partial charge in [0, 0.05) is 12.8 Å². The number of ether oxygens (including phenoxy) is 1. The van der Waals surface area contributed by atoms with E-state index in [1.807, 2.05) is 33.3 Å². The number of allylic oxidation sites excluding steroid dienone is 13. The van der Waals surface area contributed by atoms with Crippen LogP contribution in [0.25, 0.3) is 0 Å². The number of carbonyl (C=O) groups is 2. The summed E-state index contributed by atoms with van der Waals surface area (Å²) in [6, 6.07) is -0.895. The first-order valence-electron chi connectivity index (χ1n) is 36.4. The maximum atomic E-state index is 13.6. The molecule has 0 bridgehead atoms. The van der Waals surface area contributed by atoms with Crippen LogP contribution in [0, 0.1) is 0 Å². The van der Waals surface area contributed by atoms with Crippen LogP contribution in [0.4, 0.5) is 0 Å². The molecular weight excluding hydrogens is 1080 g/mol. The lowest BCUT2D eigenvalue weighted by atomic mass is 10.0. The van der Waals surface area contributed by atoms with Crippen molar-refractivity contribution in [3.8, 4) is 0 Å². The van der Waals surface area contributed by atoms with Crippen LogP contribution < -0.4 is 10.2 Å². The van der Waals surface area contributed by atoms with Crippen molar-refractivity contribution >= 4 is 19.7 Å². The molecule has 0 aromatic heterocycles. The minimum absolute atomic E-state index is 0.0254. The zero-order valence-electron chi connectivity index (χ0n) is 57.3. The lowest BCUT2D eigenvalue weighted by Crippen LogP contribution is -2.47. The fraction of sp³-hybridized carbons (Fsp3) is 0.789. The van der Waals surface area contributed by atoms with E-state index in [0.29, 0.717) is 17.4 Å². The van der Waals surface area contributed by atoms with E-state index in [1.165, 1.54) is 212 Å². The number of carbonyl (C=O) groups excluding carboxylic acids is 2. The number of hydrogen-bond donors (Lipinski definition) is 1. The third kappa shape index (κ3) is 65.6. The lowest BCUT2D eigenvalue weighted by Gasteiger charge is -2.30. The molecule has 3 atom stereocenters. The Labute approximate surface area is 533 Å². The Bertz CT molecular complexity index is 1750. The number of quaternary nitrogens is 1. The van der Waals surface area contributed by atoms with Crippen LogP contribution in [0.1, 0.15) is 335 Å². The summed E-state index contributed by atoms with van der Waals surface area (Å²) in [4.78, 5) is 40.2. The van der Waals surface area contributed by atoms with E-state index in [4.69, 9.17) is 13.8 Å². The molecule has 9 nitrogen and oxygen atoms in total. The Morgan fingerprint density at radius 2 is 0.709 bits per heavy atom. The molecule has 0 spiro atoms. The van der Waals surface area contributed by atoms with E-state index < -0.39 is 26.6 Å². The van der Waals surface area contributed by atoms with E-state index in [1.54, 1.807) is 0 Å². The fourth-order valence-corrected chi connectivity index (χ4v) is 11.1. The monoisotopic (exact) mass is 1220 g/mol. The number of hydrogen-bond acceptors (Lipinski definition) is 7. The molecule has 0 radical (unpaired) electrons. The van der Waals surface area contributed by atoms with Crippen LogP contribution in [-0.2, 0) is 27.9 Å². The van der Waals surface area contributed by atoms with E-state index >= 15 is 0 Å². The third-order valence-corrected chi connectivity index (χ3v) is 17.0. The number of nitrogens with one attached hydrogen (secondary N) is 1. The van der Waals surface area contributed by atoms with Gasteiger partial charge in [-0.3, -0.25) is 14.2 Å². The normalized spacial score (nSPS) is 14.0. The number of phosphoric ester groups is 1. The molecule has 0 aliphatic rings. The zero-order valence-corrected chi connectivity index (χ0v) is 58.2. The standard InChI is InChI=1S/C76H139N2O7P/c1-7-10-13-16-19-22-25-28-30-32-34-36-38-39-41-42-44-46-48-50-53-56-59-62-65-68-75(79)77-73(72-84-86(81,82)83-71-70-78(4,5)6)74(67-64-61-58-55-52-27-24-21-18-15-12-9-3)85-76(80)69-66-63-60-57-54-51-49-47-45-43-40-37-35-33-31-29-26-23-20-17-14-11-8-2/h19-20,22-23,28-31,34-37,64,67,73-74H,7-18,21,24-27,32-33,38-63,65-66,68-72H2,1-6H3,(H-,77,79,81,82)/b22-19-,23-20-,30-28-,31-29-,36-34-,37-35-,67-64+. The van der Waals surface area contributed by atoms with Gasteiger partial charge in [0.25, 0.3) is 7.82 Å². The van der Waals surface area contributed by atoms with Crippen molar-refractivity contribution in [2.24, 2.45) is 0 Å². The summed E-state index contributed by atoms with van der Waals surface area (Å²) in [6.07, 6.45) is 87.0. The molecule has 86 heavy (non-hydrogen) atoms. The molecule has 0 saturated heterocycles. The highest BCUT2D eigenvalue weighted by molar-refractivity contribution is 7.45. The van der Waals surface area contributed by atoms with Gasteiger partial charge in [-0.1, -0.05) is 299 Å². The van der Waals surface area contributed by atoms with Gasteiger partial charge in [-0.25, -0.2) is 0 Å². The van der Waals surface area contributed by atoms with Crippen molar-refractivity contribution in [3.05, 3.63) is 85.1 Å². The molecule has 0 aliphatic heterocycles. The number of rotatable bonds is 66. The highest BCUT2D eigenvalue weighted by Crippen LogP contribution is 2.38. The molecule has 0 heterocycles. The molecule has 3 unspecified atom stereocenters. The average Bonchev–Trinajstić information content (AvgIpc) is 3.69. The minimum atomic E-state index is -4.71. The first kappa shape index (κ1) is 83.2. The number of nitrogens with zero attached hydrogens (tertiary/aromatic N) is 1. The SMILES string of the molecule is CCCCC/C=C\C/C=C\C/C=C\CCCCCCCCCCCCCCC(=O)NC(COP(=O)([O-])OCC[N+](C)(C)C)C(/C=C/CCCCCCCCCCCC)OC(=O)CCCCCCCCCCCC/C=C\C/C=C\C/C=C\CCCCC. The molecule has 1 amide bonds. The van der Waals surface area contributed by atoms with Crippen molar-refractivity contribution in [1.82, 2.24) is 5.32 Å². The van der Waals surface area contributed by atoms with E-state index in [2.05, 4.69) is 99.0 Å². The maximum Gasteiger partial charge on any atom is 0.306 e. The van der Waals surface area contributed by atoms with E-state index in [9.17, 15) is 19.0 Å². The first-order valence-corrected chi connectivity index (χ1v) is 37.9. The maximum absolute atomic E-state index is 13.6. The Kier molecular flexibility index (Phi) is 63.0. The molecule has 0 fully saturated rings. The van der Waals surface area contributed by atoms with Gasteiger partial charge in [-0.15, -0.1) is 0 Å². The van der Waals surface area contributed by atoms with Crippen molar-refractivity contribution < 1.29 is 37.3 Å². The van der Waals surface area contributed by atoms with Crippen molar-refractivity contribution in [2.75, 3.05) is 40.9 Å². The van der Waals surface area contributed by atoms with E-state index in [-0.39, 0.29) is 24.9 Å². The van der Waals surface area contributed by atoms with E-state index in [0.717, 1.165) is 89.9 Å². The summed E-state index contributed by atoms with van der Waals surface area (Å²) < 4.78 is 30.5. The lowest BCUT2D eigenvalue weighted by molar-refractivity contribution is -0.870. The Hall–Kier alpha value is -2.81. The van der Waals surface area contributed by atoms with Crippen LogP contribution in [0.5, 0.6) is 0 Å². The highest BCUT2D eigenvalue weighted by Gasteiger charge is 2.27. The first-order chi connectivity index (χ1) is 41.9. The van der Waals surface area contributed by atoms with Gasteiger partial charge in [0.2, 0.25) is 5.91 Å². The van der Waals surface area contributed by atoms with Gasteiger partial charge in [-0.2, -0.15) is 0 Å². The van der Waals surface area contributed by atoms with Crippen LogP contribution in [0.2, 0.25) is 0 Å². The van der Waals surface area contributed by atoms with Gasteiger partial charge in [0.05, 0.1) is 33.8 Å². The van der Waals surface area contributed by atoms with Crippen LogP contribution >= 0.6 is 7.82 Å². The smallest absolute Gasteiger partial charge is 0.306 e. The molecular formula is C76H139N2O7P. The predicted octanol–water partition coefficient (Wildman–Crippen LogP) is 22.7. The number of likely N-dealkylation sites (N-methyl/N-ethyl adjacent to an activating group) is 1. The predicted molar refractivity (Wildman–Crippen MR) is 371 cm³/mol. The van der Waals surface area contributed by atoms with Gasteiger partial charge in [0.1, 0.15) is 19.3 Å². The summed E-state index contributed by atoms with van der Waals surface area (Å²) in [7, 11) is 1.18. The van der Waals surface area contributed by atoms with Gasteiger partial charge in [-0.05, 0) is 109 Å². The quantitative estimate of drug-likeness (QED) is 0.0212. The number of phosphoric acid groups is 1. The molecule has 0 aromatic carbocycles. The molecule has 0 aromatic rings. The second-order valence-corrected chi connectivity index (χ2v) is 27.1. The minimum Gasteiger partial charge on any atom is -0.756 e. The summed E-state index contributed by atoms with van der Waals surface area (Å²) in [6.45, 7) is 6.82. The van der Waals surface area contributed by atoms with Gasteiger partial charge >= 0.3 is 5.97 Å². The molecule has 10 heteroatoms. The summed E-state index contributed by atoms with van der Waals surface area (Å²) in [5.41, 5.74) is 0. The molecule has 0 aliphatic carbocycles. The fourth-order valence-electron chi connectivity index (χ4n) is 10.4. The van der Waals surface area contributed by atoms with Crippen molar-refractivity contribution in [2.45, 2.75) is 348 Å². The number of esters is 1. The molecule has 0 rings (SSSR count). The van der Waals surface area contributed by atoms with Crippen LogP contribution in [-0.4, -0.2) is 69.4 Å². The summed E-state index contributed by atoms with van der Waals surface area (Å²) in [5, 5.41) is 3.05. The Balaban J connectivity index is 5.05. The highest BCUT2D eigenvalue weighted by atomic mass is 31.2. The summed E-state index contributed by atoms with van der Waals surface area (Å²) >= 11 is 0. The second-order valence-electron chi connectivity index (χ2n) is 25.7. The molecule has 1 N–H and O–H groups in total. The van der Waals surface area contributed by atoms with Crippen molar-refractivity contribution in [3.63, 3.8) is 0 Å². The van der Waals surface area contributed by atoms with Crippen molar-refractivity contribution in [1.29, 1.82) is 0 Å². The Morgan fingerprint density at radius 3 is 1.08 bits per heavy atom. The van der Waals surface area contributed by atoms with Crippen LogP contribution in [0.3, 0.4) is 0 Å². The zero-order chi connectivity index (χ0) is 62.8. The Morgan fingerprint density at radius 1 is 0.407 bits per heavy atom. The number of unbranched alkanes of at least 4 members (excludes halogenated alkanes) is 38. The van der Waals surface area contributed by atoms with Gasteiger partial charge < -0.3 is 28.5 Å².